The maximum Gasteiger partial charge on any atom is 0.329 e. The van der Waals surface area contributed by atoms with Gasteiger partial charge in [0.2, 0.25) is 0 Å². The smallest absolute Gasteiger partial charge is 0.303 e. The number of H-pyrrole nitrogens is 1. The van der Waals surface area contributed by atoms with E-state index in [1.54, 1.807) is 13.0 Å². The van der Waals surface area contributed by atoms with Crippen LogP contribution in [0.25, 0.3) is 11.8 Å². The van der Waals surface area contributed by atoms with Crippen LogP contribution in [0.3, 0.4) is 0 Å². The number of hydrogen-bond donors (Lipinski definition) is 2. The van der Waals surface area contributed by atoms with Gasteiger partial charge in [-0.3, -0.25) is 19.6 Å². The van der Waals surface area contributed by atoms with Crippen LogP contribution in [0.4, 0.5) is 13.6 Å². The van der Waals surface area contributed by atoms with Crippen molar-refractivity contribution in [2.45, 2.75) is 13.5 Å². The number of rotatable bonds is 4. The van der Waals surface area contributed by atoms with Gasteiger partial charge in [-0.25, -0.2) is 18.3 Å². The summed E-state index contributed by atoms with van der Waals surface area (Å²) in [5.41, 5.74) is 0.654. The maximum absolute atomic E-state index is 13.9. The van der Waals surface area contributed by atoms with Crippen molar-refractivity contribution < 1.29 is 18.4 Å². The van der Waals surface area contributed by atoms with Gasteiger partial charge in [-0.15, -0.1) is 0 Å². The maximum atomic E-state index is 13.9. The summed E-state index contributed by atoms with van der Waals surface area (Å²) in [5, 5.41) is 5.27. The largest absolute Gasteiger partial charge is 0.329 e. The molecule has 4 rings (SSSR count). The van der Waals surface area contributed by atoms with Crippen LogP contribution in [-0.4, -0.2) is 26.6 Å². The Morgan fingerprint density at radius 2 is 1.70 bits per heavy atom. The van der Waals surface area contributed by atoms with Gasteiger partial charge in [-0.1, -0.05) is 18.2 Å². The molecule has 1 aliphatic rings. The molecule has 7 nitrogen and oxygen atoms in total. The average molecular weight is 410 g/mol. The number of aromatic amines is 1. The van der Waals surface area contributed by atoms with E-state index < -0.39 is 29.1 Å². The molecular formula is C21H16F2N4O3. The molecule has 1 saturated heterocycles. The van der Waals surface area contributed by atoms with E-state index in [0.29, 0.717) is 11.4 Å². The molecule has 0 aliphatic carbocycles. The summed E-state index contributed by atoms with van der Waals surface area (Å²) in [4.78, 5) is 38.5. The number of carbonyl (C=O) groups excluding carboxylic acids is 2. The number of aryl methyl sites for hydroxylation is 1. The number of carbonyl (C=O) groups is 2. The first-order chi connectivity index (χ1) is 14.3. The van der Waals surface area contributed by atoms with Gasteiger partial charge in [0.25, 0.3) is 11.5 Å². The van der Waals surface area contributed by atoms with Crippen LogP contribution in [0, 0.1) is 18.6 Å². The molecule has 2 aromatic carbocycles. The zero-order valence-electron chi connectivity index (χ0n) is 15.8. The number of hydrogen-bond acceptors (Lipinski definition) is 3. The lowest BCUT2D eigenvalue weighted by molar-refractivity contribution is -0.123. The number of nitrogens with one attached hydrogen (secondary N) is 2. The number of urea groups is 1. The second-order valence-electron chi connectivity index (χ2n) is 6.74. The van der Waals surface area contributed by atoms with Crippen molar-refractivity contribution in [1.82, 2.24) is 20.0 Å². The fourth-order valence-corrected chi connectivity index (χ4v) is 3.16. The van der Waals surface area contributed by atoms with Gasteiger partial charge in [0.15, 0.2) is 0 Å². The second-order valence-corrected chi connectivity index (χ2v) is 6.74. The molecule has 3 aromatic rings. The highest BCUT2D eigenvalue weighted by Gasteiger charge is 2.34. The van der Waals surface area contributed by atoms with Gasteiger partial charge in [-0.2, -0.15) is 0 Å². The van der Waals surface area contributed by atoms with Crippen molar-refractivity contribution in [3.8, 4) is 5.69 Å². The minimum Gasteiger partial charge on any atom is -0.303 e. The third-order valence-electron chi connectivity index (χ3n) is 4.74. The summed E-state index contributed by atoms with van der Waals surface area (Å²) in [6, 6.07) is 10.4. The van der Waals surface area contributed by atoms with E-state index in [0.717, 1.165) is 4.90 Å². The Morgan fingerprint density at radius 1 is 1.00 bits per heavy atom. The topological polar surface area (TPSA) is 87.2 Å². The Morgan fingerprint density at radius 3 is 2.40 bits per heavy atom. The average Bonchev–Trinajstić information content (AvgIpc) is 3.15. The van der Waals surface area contributed by atoms with E-state index in [2.05, 4.69) is 10.4 Å². The van der Waals surface area contributed by atoms with Gasteiger partial charge < -0.3 is 5.32 Å². The standard InChI is InChI=1S/C21H16F2N4O3/c1-12-16(19(28)27(25-12)15-8-6-14(22)7-9-15)10-18-20(29)26(21(30)24-18)11-13-4-2-3-5-17(13)23/h2-10,25H,11H2,1H3,(H,24,30)/b18-10-. The minimum absolute atomic E-state index is 0.0956. The molecule has 1 aliphatic heterocycles. The van der Waals surface area contributed by atoms with E-state index in [1.165, 1.54) is 53.2 Å². The van der Waals surface area contributed by atoms with E-state index in [-0.39, 0.29) is 23.4 Å². The van der Waals surface area contributed by atoms with Gasteiger partial charge in [0.1, 0.15) is 17.3 Å². The van der Waals surface area contributed by atoms with E-state index in [1.807, 2.05) is 0 Å². The lowest BCUT2D eigenvalue weighted by Crippen LogP contribution is -2.30. The fourth-order valence-electron chi connectivity index (χ4n) is 3.16. The number of benzene rings is 2. The molecule has 0 unspecified atom stereocenters. The molecule has 3 amide bonds. The molecule has 0 bridgehead atoms. The highest BCUT2D eigenvalue weighted by molar-refractivity contribution is 6.13. The number of nitrogens with zero attached hydrogens (tertiary/aromatic N) is 2. The third kappa shape index (κ3) is 3.41. The number of amides is 3. The van der Waals surface area contributed by atoms with Crippen molar-refractivity contribution in [3.63, 3.8) is 0 Å². The quantitative estimate of drug-likeness (QED) is 0.512. The zero-order valence-corrected chi connectivity index (χ0v) is 15.8. The van der Waals surface area contributed by atoms with Crippen molar-refractivity contribution in [3.05, 3.63) is 93.0 Å². The molecule has 1 aromatic heterocycles. The number of imide groups is 1. The third-order valence-corrected chi connectivity index (χ3v) is 4.74. The van der Waals surface area contributed by atoms with Gasteiger partial charge >= 0.3 is 6.03 Å². The number of aromatic nitrogens is 2. The molecule has 0 spiro atoms. The molecule has 1 fully saturated rings. The molecule has 0 atom stereocenters. The van der Waals surface area contributed by atoms with Crippen LogP contribution in [0.1, 0.15) is 16.8 Å². The highest BCUT2D eigenvalue weighted by Crippen LogP contribution is 2.19. The Kier molecular flexibility index (Phi) is 4.78. The van der Waals surface area contributed by atoms with E-state index >= 15 is 0 Å². The minimum atomic E-state index is -0.707. The summed E-state index contributed by atoms with van der Waals surface area (Å²) in [7, 11) is 0. The van der Waals surface area contributed by atoms with Crippen molar-refractivity contribution in [1.29, 1.82) is 0 Å². The van der Waals surface area contributed by atoms with Crippen LogP contribution < -0.4 is 10.9 Å². The van der Waals surface area contributed by atoms with Crippen molar-refractivity contribution in [2.24, 2.45) is 0 Å². The monoisotopic (exact) mass is 410 g/mol. The summed E-state index contributed by atoms with van der Waals surface area (Å²) >= 11 is 0. The lowest BCUT2D eigenvalue weighted by atomic mass is 10.2. The number of halogens is 2. The fraction of sp³-hybridized carbons (Fsp3) is 0.0952. The predicted octanol–water partition coefficient (Wildman–Crippen LogP) is 2.85. The summed E-state index contributed by atoms with van der Waals surface area (Å²) in [6.07, 6.45) is 1.27. The molecule has 0 saturated carbocycles. The van der Waals surface area contributed by atoms with Crippen LogP contribution >= 0.6 is 0 Å². The first-order valence-electron chi connectivity index (χ1n) is 9.00. The van der Waals surface area contributed by atoms with Gasteiger partial charge in [0, 0.05) is 11.3 Å². The van der Waals surface area contributed by atoms with Crippen molar-refractivity contribution in [2.75, 3.05) is 0 Å². The zero-order chi connectivity index (χ0) is 21.4. The Balaban J connectivity index is 1.65. The Labute approximate surface area is 169 Å². The Bertz CT molecular complexity index is 1240. The van der Waals surface area contributed by atoms with Gasteiger partial charge in [0.05, 0.1) is 17.8 Å². The van der Waals surface area contributed by atoms with Crippen LogP contribution in [0.2, 0.25) is 0 Å². The molecule has 2 N–H and O–H groups in total. The van der Waals surface area contributed by atoms with E-state index in [9.17, 15) is 23.2 Å². The molecular weight excluding hydrogens is 394 g/mol. The van der Waals surface area contributed by atoms with Crippen LogP contribution in [-0.2, 0) is 11.3 Å². The molecule has 9 heteroatoms. The summed E-state index contributed by atoms with van der Waals surface area (Å²) in [6.45, 7) is 1.40. The highest BCUT2D eigenvalue weighted by atomic mass is 19.1. The molecule has 152 valence electrons. The van der Waals surface area contributed by atoms with Crippen LogP contribution in [0.15, 0.2) is 59.0 Å². The lowest BCUT2D eigenvalue weighted by Gasteiger charge is -2.12. The SMILES string of the molecule is Cc1[nH]n(-c2ccc(F)cc2)c(=O)c1/C=C1\NC(=O)N(Cc2ccccc2F)C1=O. The van der Waals surface area contributed by atoms with Crippen LogP contribution in [0.5, 0.6) is 0 Å². The first-order valence-corrected chi connectivity index (χ1v) is 9.00. The summed E-state index contributed by atoms with van der Waals surface area (Å²) in [5.74, 6) is -1.64. The molecule has 0 radical (unpaired) electrons. The van der Waals surface area contributed by atoms with Crippen molar-refractivity contribution >= 4 is 18.0 Å². The predicted molar refractivity (Wildman–Crippen MR) is 105 cm³/mol. The second kappa shape index (κ2) is 7.43. The Hall–Kier alpha value is -4.01. The summed E-state index contributed by atoms with van der Waals surface area (Å²) < 4.78 is 28.2. The first kappa shape index (κ1) is 19.3. The molecule has 30 heavy (non-hydrogen) atoms. The normalized spacial score (nSPS) is 15.2. The van der Waals surface area contributed by atoms with E-state index in [4.69, 9.17) is 0 Å². The molecule has 2 heterocycles. The van der Waals surface area contributed by atoms with Gasteiger partial charge in [-0.05, 0) is 43.3 Å².